The van der Waals surface area contributed by atoms with Crippen LogP contribution in [0.1, 0.15) is 20.3 Å². The number of carbonyl (C=O) groups is 1. The highest BCUT2D eigenvalue weighted by atomic mass is 16.2. The highest BCUT2D eigenvalue weighted by molar-refractivity contribution is 5.82. The highest BCUT2D eigenvalue weighted by Gasteiger charge is 2.06. The van der Waals surface area contributed by atoms with Gasteiger partial charge in [-0.15, -0.1) is 0 Å². The summed E-state index contributed by atoms with van der Waals surface area (Å²) in [6.45, 7) is 5.18. The van der Waals surface area contributed by atoms with Crippen LogP contribution in [-0.4, -0.2) is 17.0 Å². The number of pyridine rings is 1. The molecule has 0 aliphatic rings. The Balaban J connectivity index is 2.12. The summed E-state index contributed by atoms with van der Waals surface area (Å²) in [5.74, 6) is 0.544. The van der Waals surface area contributed by atoms with Gasteiger partial charge in [0.25, 0.3) is 0 Å². The zero-order valence-corrected chi connectivity index (χ0v) is 11.9. The average Bonchev–Trinajstić information content (AvgIpc) is 2.42. The van der Waals surface area contributed by atoms with E-state index in [4.69, 9.17) is 0 Å². The molecule has 0 saturated carbocycles. The first-order valence-electron chi connectivity index (χ1n) is 6.93. The Kier molecular flexibility index (Phi) is 4.56. The van der Waals surface area contributed by atoms with Gasteiger partial charge in [-0.3, -0.25) is 9.59 Å². The minimum absolute atomic E-state index is 0.0166. The second-order valence-corrected chi connectivity index (χ2v) is 5.36. The van der Waals surface area contributed by atoms with E-state index >= 15 is 0 Å². The molecule has 2 rings (SSSR count). The largest absolute Gasteiger partial charge is 0.355 e. The summed E-state index contributed by atoms with van der Waals surface area (Å²) in [7, 11) is 0. The van der Waals surface area contributed by atoms with Crippen molar-refractivity contribution in [2.45, 2.75) is 26.8 Å². The number of aromatic nitrogens is 1. The van der Waals surface area contributed by atoms with Gasteiger partial charge < -0.3 is 9.88 Å². The maximum Gasteiger partial charge on any atom is 0.239 e. The lowest BCUT2D eigenvalue weighted by molar-refractivity contribution is -0.121. The molecular weight excluding hydrogens is 252 g/mol. The van der Waals surface area contributed by atoms with Crippen molar-refractivity contribution in [3.05, 3.63) is 46.8 Å². The number of rotatable bonds is 5. The molecule has 2 aromatic rings. The van der Waals surface area contributed by atoms with E-state index < -0.39 is 0 Å². The molecule has 0 spiro atoms. The first kappa shape index (κ1) is 14.3. The fourth-order valence-corrected chi connectivity index (χ4v) is 2.11. The van der Waals surface area contributed by atoms with Gasteiger partial charge in [0.2, 0.25) is 5.91 Å². The van der Waals surface area contributed by atoms with E-state index in [9.17, 15) is 9.59 Å². The number of fused-ring (bicyclic) bond motifs is 1. The quantitative estimate of drug-likeness (QED) is 0.907. The van der Waals surface area contributed by atoms with Crippen molar-refractivity contribution < 1.29 is 4.79 Å². The van der Waals surface area contributed by atoms with Crippen molar-refractivity contribution in [3.63, 3.8) is 0 Å². The van der Waals surface area contributed by atoms with Crippen LogP contribution in [0.2, 0.25) is 0 Å². The second kappa shape index (κ2) is 6.37. The van der Waals surface area contributed by atoms with Crippen molar-refractivity contribution in [2.24, 2.45) is 5.92 Å². The Morgan fingerprint density at radius 2 is 2.00 bits per heavy atom. The summed E-state index contributed by atoms with van der Waals surface area (Å²) >= 11 is 0. The molecule has 1 N–H and O–H groups in total. The summed E-state index contributed by atoms with van der Waals surface area (Å²) in [5.41, 5.74) is 0.774. The van der Waals surface area contributed by atoms with Crippen LogP contribution in [-0.2, 0) is 11.3 Å². The third-order valence-corrected chi connectivity index (χ3v) is 3.24. The SMILES string of the molecule is CC(C)CCNC(=O)Cn1ccc(=O)c2ccccc21. The molecule has 106 valence electrons. The topological polar surface area (TPSA) is 51.1 Å². The van der Waals surface area contributed by atoms with Gasteiger partial charge in [-0.2, -0.15) is 0 Å². The van der Waals surface area contributed by atoms with E-state index in [1.807, 2.05) is 18.2 Å². The smallest absolute Gasteiger partial charge is 0.239 e. The van der Waals surface area contributed by atoms with Crippen LogP contribution >= 0.6 is 0 Å². The summed E-state index contributed by atoms with van der Waals surface area (Å²) < 4.78 is 1.81. The average molecular weight is 272 g/mol. The van der Waals surface area contributed by atoms with Crippen molar-refractivity contribution in [2.75, 3.05) is 6.54 Å². The minimum atomic E-state index is -0.0283. The van der Waals surface area contributed by atoms with Gasteiger partial charge >= 0.3 is 0 Å². The van der Waals surface area contributed by atoms with Crippen molar-refractivity contribution >= 4 is 16.8 Å². The molecule has 0 bridgehead atoms. The predicted molar refractivity (Wildman–Crippen MR) is 80.7 cm³/mol. The van der Waals surface area contributed by atoms with Crippen LogP contribution in [0.4, 0.5) is 0 Å². The molecule has 4 heteroatoms. The molecule has 20 heavy (non-hydrogen) atoms. The molecule has 4 nitrogen and oxygen atoms in total. The van der Waals surface area contributed by atoms with E-state index in [-0.39, 0.29) is 17.9 Å². The Hall–Kier alpha value is -2.10. The van der Waals surface area contributed by atoms with Crippen LogP contribution in [0.5, 0.6) is 0 Å². The second-order valence-electron chi connectivity index (χ2n) is 5.36. The minimum Gasteiger partial charge on any atom is -0.355 e. The van der Waals surface area contributed by atoms with Gasteiger partial charge in [0.15, 0.2) is 5.43 Å². The van der Waals surface area contributed by atoms with Gasteiger partial charge in [-0.05, 0) is 24.5 Å². The number of amides is 1. The summed E-state index contributed by atoms with van der Waals surface area (Å²) in [5, 5.41) is 3.55. The molecule has 1 aromatic heterocycles. The molecule has 1 aromatic carbocycles. The van der Waals surface area contributed by atoms with Gasteiger partial charge in [-0.25, -0.2) is 0 Å². The Labute approximate surface area is 118 Å². The number of hydrogen-bond acceptors (Lipinski definition) is 2. The van der Waals surface area contributed by atoms with Gasteiger partial charge in [0, 0.05) is 24.2 Å². The summed E-state index contributed by atoms with van der Waals surface area (Å²) in [4.78, 5) is 23.7. The molecule has 0 saturated heterocycles. The third-order valence-electron chi connectivity index (χ3n) is 3.24. The maximum atomic E-state index is 11.9. The number of nitrogens with one attached hydrogen (secondary N) is 1. The molecule has 0 unspecified atom stereocenters. The number of carbonyl (C=O) groups excluding carboxylic acids is 1. The molecule has 0 radical (unpaired) electrons. The molecule has 0 aliphatic carbocycles. The van der Waals surface area contributed by atoms with Crippen LogP contribution < -0.4 is 10.7 Å². The van der Waals surface area contributed by atoms with E-state index in [0.717, 1.165) is 11.9 Å². The van der Waals surface area contributed by atoms with Crippen molar-refractivity contribution in [1.82, 2.24) is 9.88 Å². The van der Waals surface area contributed by atoms with E-state index in [1.54, 1.807) is 16.8 Å². The summed E-state index contributed by atoms with van der Waals surface area (Å²) in [6, 6.07) is 8.85. The third kappa shape index (κ3) is 3.47. The molecule has 1 amide bonds. The Morgan fingerprint density at radius 1 is 1.25 bits per heavy atom. The van der Waals surface area contributed by atoms with Crippen LogP contribution in [0.25, 0.3) is 10.9 Å². The fourth-order valence-electron chi connectivity index (χ4n) is 2.11. The fraction of sp³-hybridized carbons (Fsp3) is 0.375. The molecule has 0 aliphatic heterocycles. The van der Waals surface area contributed by atoms with Crippen molar-refractivity contribution in [3.8, 4) is 0 Å². The van der Waals surface area contributed by atoms with Crippen LogP contribution in [0.15, 0.2) is 41.3 Å². The van der Waals surface area contributed by atoms with Gasteiger partial charge in [-0.1, -0.05) is 26.0 Å². The number of para-hydroxylation sites is 1. The molecular formula is C16H20N2O2. The van der Waals surface area contributed by atoms with Gasteiger partial charge in [0.05, 0.1) is 5.52 Å². The standard InChI is InChI=1S/C16H20N2O2/c1-12(2)7-9-17-16(20)11-18-10-8-15(19)13-5-3-4-6-14(13)18/h3-6,8,10,12H,7,9,11H2,1-2H3,(H,17,20). The predicted octanol–water partition coefficient (Wildman–Crippen LogP) is 2.16. The first-order chi connectivity index (χ1) is 9.58. The lowest BCUT2D eigenvalue weighted by Crippen LogP contribution is -2.29. The number of hydrogen-bond donors (Lipinski definition) is 1. The van der Waals surface area contributed by atoms with Crippen LogP contribution in [0, 0.1) is 5.92 Å². The number of benzene rings is 1. The maximum absolute atomic E-state index is 11.9. The summed E-state index contributed by atoms with van der Waals surface area (Å²) in [6.07, 6.45) is 2.64. The zero-order chi connectivity index (χ0) is 14.5. The lowest BCUT2D eigenvalue weighted by Gasteiger charge is -2.11. The van der Waals surface area contributed by atoms with Gasteiger partial charge in [0.1, 0.15) is 6.54 Å². The Bertz CT molecular complexity index is 659. The molecule has 0 fully saturated rings. The van der Waals surface area contributed by atoms with E-state index in [1.165, 1.54) is 6.07 Å². The molecule has 0 atom stereocenters. The lowest BCUT2D eigenvalue weighted by atomic mass is 10.1. The van der Waals surface area contributed by atoms with E-state index in [0.29, 0.717) is 17.8 Å². The van der Waals surface area contributed by atoms with E-state index in [2.05, 4.69) is 19.2 Å². The Morgan fingerprint density at radius 3 is 2.75 bits per heavy atom. The van der Waals surface area contributed by atoms with Crippen molar-refractivity contribution in [1.29, 1.82) is 0 Å². The monoisotopic (exact) mass is 272 g/mol. The normalized spacial score (nSPS) is 10.9. The zero-order valence-electron chi connectivity index (χ0n) is 11.9. The van der Waals surface area contributed by atoms with Crippen LogP contribution in [0.3, 0.4) is 0 Å². The molecule has 1 heterocycles. The number of nitrogens with zero attached hydrogens (tertiary/aromatic N) is 1. The highest BCUT2D eigenvalue weighted by Crippen LogP contribution is 2.09. The first-order valence-corrected chi connectivity index (χ1v) is 6.93.